The molecule has 0 saturated heterocycles. The van der Waals surface area contributed by atoms with Crippen molar-refractivity contribution < 1.29 is 18.3 Å². The van der Waals surface area contributed by atoms with Crippen LogP contribution in [0.25, 0.3) is 0 Å². The molecule has 0 aliphatic carbocycles. The smallest absolute Gasteiger partial charge is 0.387 e. The number of hydrogen-bond acceptors (Lipinski definition) is 2. The third-order valence-corrected chi connectivity index (χ3v) is 2.98. The second-order valence-corrected chi connectivity index (χ2v) is 4.88. The fourth-order valence-electron chi connectivity index (χ4n) is 1.79. The van der Waals surface area contributed by atoms with Crippen LogP contribution < -0.4 is 15.4 Å². The number of nitrogens with one attached hydrogen (secondary N) is 2. The molecule has 2 aromatic carbocycles. The average molecular weight is 327 g/mol. The molecule has 7 heteroatoms. The summed E-state index contributed by atoms with van der Waals surface area (Å²) in [7, 11) is 0. The summed E-state index contributed by atoms with van der Waals surface area (Å²) in [5, 5.41) is 5.19. The average Bonchev–Trinajstić information content (AvgIpc) is 2.41. The lowest BCUT2D eigenvalue weighted by Crippen LogP contribution is -2.19. The zero-order valence-electron chi connectivity index (χ0n) is 11.6. The van der Waals surface area contributed by atoms with E-state index < -0.39 is 12.6 Å². The highest BCUT2D eigenvalue weighted by Crippen LogP contribution is 2.29. The van der Waals surface area contributed by atoms with Crippen molar-refractivity contribution in [2.45, 2.75) is 13.5 Å². The van der Waals surface area contributed by atoms with Crippen molar-refractivity contribution in [3.63, 3.8) is 0 Å². The number of carbonyl (C=O) groups is 1. The fourth-order valence-corrected chi connectivity index (χ4v) is 2.01. The van der Waals surface area contributed by atoms with Crippen LogP contribution in [0.2, 0.25) is 5.02 Å². The summed E-state index contributed by atoms with van der Waals surface area (Å²) >= 11 is 5.81. The summed E-state index contributed by atoms with van der Waals surface area (Å²) in [6.45, 7) is -1.05. The maximum atomic E-state index is 12.1. The van der Waals surface area contributed by atoms with Gasteiger partial charge >= 0.3 is 12.6 Å². The molecule has 0 aliphatic rings. The van der Waals surface area contributed by atoms with Crippen molar-refractivity contribution in [3.8, 4) is 5.75 Å². The van der Waals surface area contributed by atoms with Gasteiger partial charge in [-0.1, -0.05) is 23.7 Å². The molecule has 2 N–H and O–H groups in total. The number of halogens is 3. The van der Waals surface area contributed by atoms with Gasteiger partial charge in [0, 0.05) is 11.4 Å². The Morgan fingerprint density at radius 2 is 1.82 bits per heavy atom. The number of hydrogen-bond donors (Lipinski definition) is 2. The van der Waals surface area contributed by atoms with E-state index in [2.05, 4.69) is 15.4 Å². The lowest BCUT2D eigenvalue weighted by Gasteiger charge is -2.10. The van der Waals surface area contributed by atoms with Crippen molar-refractivity contribution in [2.75, 3.05) is 10.6 Å². The summed E-state index contributed by atoms with van der Waals surface area (Å²) < 4.78 is 28.5. The van der Waals surface area contributed by atoms with Crippen molar-refractivity contribution in [1.29, 1.82) is 0 Å². The monoisotopic (exact) mass is 326 g/mol. The van der Waals surface area contributed by atoms with Crippen molar-refractivity contribution in [2.24, 2.45) is 0 Å². The SMILES string of the molecule is Cc1cccc(NC(=O)Nc2ccc(OC(F)F)c(Cl)c2)c1. The van der Waals surface area contributed by atoms with E-state index in [-0.39, 0.29) is 10.8 Å². The third kappa shape index (κ3) is 4.60. The minimum Gasteiger partial charge on any atom is -0.433 e. The highest BCUT2D eigenvalue weighted by Gasteiger charge is 2.10. The van der Waals surface area contributed by atoms with Crippen LogP contribution in [0.1, 0.15) is 5.56 Å². The van der Waals surface area contributed by atoms with E-state index in [9.17, 15) is 13.6 Å². The molecule has 0 spiro atoms. The van der Waals surface area contributed by atoms with E-state index >= 15 is 0 Å². The Labute approximate surface area is 131 Å². The summed E-state index contributed by atoms with van der Waals surface area (Å²) in [5.41, 5.74) is 2.01. The number of urea groups is 1. The molecule has 0 fully saturated rings. The molecule has 4 nitrogen and oxygen atoms in total. The predicted octanol–water partition coefficient (Wildman–Crippen LogP) is 4.89. The summed E-state index contributed by atoms with van der Waals surface area (Å²) in [6, 6.07) is 10.8. The van der Waals surface area contributed by atoms with E-state index in [1.165, 1.54) is 18.2 Å². The number of alkyl halides is 2. The summed E-state index contributed by atoms with van der Waals surface area (Å²) in [6.07, 6.45) is 0. The predicted molar refractivity (Wildman–Crippen MR) is 81.9 cm³/mol. The second-order valence-electron chi connectivity index (χ2n) is 4.47. The van der Waals surface area contributed by atoms with Crippen LogP contribution in [-0.2, 0) is 0 Å². The molecule has 0 saturated carbocycles. The number of amides is 2. The fraction of sp³-hybridized carbons (Fsp3) is 0.133. The van der Waals surface area contributed by atoms with Crippen molar-refractivity contribution in [1.82, 2.24) is 0 Å². The number of anilines is 2. The molecular weight excluding hydrogens is 314 g/mol. The molecule has 0 atom stereocenters. The standard InChI is InChI=1S/C15H13ClF2N2O2/c1-9-3-2-4-10(7-9)19-15(21)20-11-5-6-13(12(16)8-11)22-14(17)18/h2-8,14H,1H3,(H2,19,20,21). The summed E-state index contributed by atoms with van der Waals surface area (Å²) in [5.74, 6) is -0.152. The first kappa shape index (κ1) is 16.0. The normalized spacial score (nSPS) is 10.4. The Kier molecular flexibility index (Phi) is 5.16. The van der Waals surface area contributed by atoms with E-state index in [1.54, 1.807) is 6.07 Å². The molecular formula is C15H13ClF2N2O2. The third-order valence-electron chi connectivity index (χ3n) is 2.68. The Bertz CT molecular complexity index is 680. The molecule has 116 valence electrons. The number of benzene rings is 2. The molecule has 2 rings (SSSR count). The van der Waals surface area contributed by atoms with Gasteiger partial charge in [-0.3, -0.25) is 0 Å². The van der Waals surface area contributed by atoms with Gasteiger partial charge in [-0.05, 0) is 42.8 Å². The minimum atomic E-state index is -2.96. The van der Waals surface area contributed by atoms with Gasteiger partial charge in [0.25, 0.3) is 0 Å². The van der Waals surface area contributed by atoms with Crippen LogP contribution in [0.4, 0.5) is 25.0 Å². The van der Waals surface area contributed by atoms with Gasteiger partial charge in [0.2, 0.25) is 0 Å². The van der Waals surface area contributed by atoms with E-state index in [0.29, 0.717) is 11.4 Å². The Morgan fingerprint density at radius 1 is 1.14 bits per heavy atom. The van der Waals surface area contributed by atoms with Gasteiger partial charge in [0.05, 0.1) is 5.02 Å². The zero-order chi connectivity index (χ0) is 16.1. The molecule has 0 unspecified atom stereocenters. The largest absolute Gasteiger partial charge is 0.433 e. The van der Waals surface area contributed by atoms with E-state index in [0.717, 1.165) is 5.56 Å². The molecule has 0 bridgehead atoms. The zero-order valence-corrected chi connectivity index (χ0v) is 12.3. The molecule has 0 radical (unpaired) electrons. The van der Waals surface area contributed by atoms with Crippen LogP contribution in [-0.4, -0.2) is 12.6 Å². The Hall–Kier alpha value is -2.34. The van der Waals surface area contributed by atoms with Gasteiger partial charge in [0.15, 0.2) is 0 Å². The highest BCUT2D eigenvalue weighted by atomic mass is 35.5. The first-order chi connectivity index (χ1) is 10.4. The van der Waals surface area contributed by atoms with Gasteiger partial charge in [-0.25, -0.2) is 4.79 Å². The van der Waals surface area contributed by atoms with Gasteiger partial charge in [-0.15, -0.1) is 0 Å². The van der Waals surface area contributed by atoms with Crippen molar-refractivity contribution in [3.05, 3.63) is 53.1 Å². The van der Waals surface area contributed by atoms with Gasteiger partial charge in [-0.2, -0.15) is 8.78 Å². The number of rotatable bonds is 4. The first-order valence-corrected chi connectivity index (χ1v) is 6.71. The lowest BCUT2D eigenvalue weighted by molar-refractivity contribution is -0.0497. The molecule has 0 aliphatic heterocycles. The molecule has 2 amide bonds. The quantitative estimate of drug-likeness (QED) is 0.840. The molecule has 0 heterocycles. The first-order valence-electron chi connectivity index (χ1n) is 6.33. The van der Waals surface area contributed by atoms with Crippen molar-refractivity contribution >= 4 is 29.0 Å². The van der Waals surface area contributed by atoms with E-state index in [1.807, 2.05) is 25.1 Å². The van der Waals surface area contributed by atoms with Crippen LogP contribution in [0.15, 0.2) is 42.5 Å². The number of aryl methyl sites for hydroxylation is 1. The van der Waals surface area contributed by atoms with Gasteiger partial charge in [0.1, 0.15) is 5.75 Å². The Balaban J connectivity index is 2.01. The molecule has 2 aromatic rings. The minimum absolute atomic E-state index is 0.0198. The van der Waals surface area contributed by atoms with E-state index in [4.69, 9.17) is 11.6 Å². The molecule has 0 aromatic heterocycles. The summed E-state index contributed by atoms with van der Waals surface area (Å²) in [4.78, 5) is 11.9. The van der Waals surface area contributed by atoms with Crippen LogP contribution in [0.5, 0.6) is 5.75 Å². The highest BCUT2D eigenvalue weighted by molar-refractivity contribution is 6.32. The topological polar surface area (TPSA) is 50.4 Å². The Morgan fingerprint density at radius 3 is 2.41 bits per heavy atom. The lowest BCUT2D eigenvalue weighted by atomic mass is 10.2. The molecule has 22 heavy (non-hydrogen) atoms. The van der Waals surface area contributed by atoms with Gasteiger partial charge < -0.3 is 15.4 Å². The van der Waals surface area contributed by atoms with Crippen LogP contribution in [0, 0.1) is 6.92 Å². The van der Waals surface area contributed by atoms with Crippen LogP contribution >= 0.6 is 11.6 Å². The maximum Gasteiger partial charge on any atom is 0.387 e. The maximum absolute atomic E-state index is 12.1. The number of carbonyl (C=O) groups excluding carboxylic acids is 1. The number of ether oxygens (including phenoxy) is 1. The second kappa shape index (κ2) is 7.09. The van der Waals surface area contributed by atoms with Crippen LogP contribution in [0.3, 0.4) is 0 Å².